The second-order valence-electron chi connectivity index (χ2n) is 5.07. The molecule has 2 heteroatoms. The van der Waals surface area contributed by atoms with Crippen LogP contribution in [0.5, 0.6) is 0 Å². The van der Waals surface area contributed by atoms with Gasteiger partial charge in [0, 0.05) is 22.3 Å². The Labute approximate surface area is 117 Å². The molecule has 1 aliphatic rings. The van der Waals surface area contributed by atoms with Gasteiger partial charge in [-0.15, -0.1) is 0 Å². The zero-order valence-corrected chi connectivity index (χ0v) is 11.5. The van der Waals surface area contributed by atoms with Gasteiger partial charge in [-0.3, -0.25) is 9.59 Å². The summed E-state index contributed by atoms with van der Waals surface area (Å²) in [5.74, 6) is -0.133. The van der Waals surface area contributed by atoms with Crippen molar-refractivity contribution >= 4 is 17.6 Å². The number of benzene rings is 2. The molecule has 2 nitrogen and oxygen atoms in total. The average Bonchev–Trinajstić information content (AvgIpc) is 2.46. The first-order chi connectivity index (χ1) is 9.56. The highest BCUT2D eigenvalue weighted by Gasteiger charge is 2.32. The van der Waals surface area contributed by atoms with Crippen LogP contribution in [-0.2, 0) is 0 Å². The van der Waals surface area contributed by atoms with Gasteiger partial charge >= 0.3 is 0 Å². The van der Waals surface area contributed by atoms with Crippen molar-refractivity contribution in [3.05, 3.63) is 75.9 Å². The standard InChI is InChI=1S/C18H14O2/c1-4-12-9-10(2)15-16(11(12)3)18(20)14-8-6-5-7-13(14)17(15)19/h4-9H,1H2,2-3H3. The highest BCUT2D eigenvalue weighted by atomic mass is 16.1. The summed E-state index contributed by atoms with van der Waals surface area (Å²) in [5, 5.41) is 0. The molecule has 0 unspecified atom stereocenters. The number of fused-ring (bicyclic) bond motifs is 2. The SMILES string of the molecule is C=Cc1cc(C)c2c(c1C)C(=O)c1ccccc1C2=O. The largest absolute Gasteiger partial charge is 0.289 e. The Morgan fingerprint density at radius 3 is 2.05 bits per heavy atom. The summed E-state index contributed by atoms with van der Waals surface area (Å²) in [4.78, 5) is 25.4. The van der Waals surface area contributed by atoms with Crippen molar-refractivity contribution in [2.45, 2.75) is 13.8 Å². The smallest absolute Gasteiger partial charge is 0.194 e. The van der Waals surface area contributed by atoms with Crippen molar-refractivity contribution < 1.29 is 9.59 Å². The first kappa shape index (κ1) is 12.5. The van der Waals surface area contributed by atoms with E-state index >= 15 is 0 Å². The minimum Gasteiger partial charge on any atom is -0.289 e. The third-order valence-corrected chi connectivity index (χ3v) is 3.91. The molecule has 0 saturated heterocycles. The van der Waals surface area contributed by atoms with E-state index in [2.05, 4.69) is 6.58 Å². The van der Waals surface area contributed by atoms with Crippen LogP contribution in [0.15, 0.2) is 36.9 Å². The number of carbonyl (C=O) groups excluding carboxylic acids is 2. The Balaban J connectivity index is 2.42. The van der Waals surface area contributed by atoms with Gasteiger partial charge < -0.3 is 0 Å². The van der Waals surface area contributed by atoms with Crippen molar-refractivity contribution in [1.29, 1.82) is 0 Å². The highest BCUT2D eigenvalue weighted by molar-refractivity contribution is 6.29. The first-order valence-corrected chi connectivity index (χ1v) is 6.51. The summed E-state index contributed by atoms with van der Waals surface area (Å²) < 4.78 is 0. The van der Waals surface area contributed by atoms with Gasteiger partial charge in [0.2, 0.25) is 0 Å². The quantitative estimate of drug-likeness (QED) is 0.669. The van der Waals surface area contributed by atoms with Crippen LogP contribution < -0.4 is 0 Å². The van der Waals surface area contributed by atoms with Gasteiger partial charge in [-0.25, -0.2) is 0 Å². The molecular weight excluding hydrogens is 248 g/mol. The minimum atomic E-state index is -0.0699. The summed E-state index contributed by atoms with van der Waals surface area (Å²) in [7, 11) is 0. The van der Waals surface area contributed by atoms with Gasteiger partial charge in [0.05, 0.1) is 0 Å². The first-order valence-electron chi connectivity index (χ1n) is 6.51. The van der Waals surface area contributed by atoms with Crippen LogP contribution >= 0.6 is 0 Å². The molecule has 0 fully saturated rings. The van der Waals surface area contributed by atoms with Crippen LogP contribution in [-0.4, -0.2) is 11.6 Å². The van der Waals surface area contributed by atoms with E-state index in [1.807, 2.05) is 19.9 Å². The number of ketones is 2. The molecular formula is C18H14O2. The normalized spacial score (nSPS) is 12.9. The van der Waals surface area contributed by atoms with Crippen molar-refractivity contribution in [3.8, 4) is 0 Å². The fourth-order valence-electron chi connectivity index (χ4n) is 2.88. The molecule has 0 bridgehead atoms. The predicted molar refractivity (Wildman–Crippen MR) is 79.3 cm³/mol. The second-order valence-corrected chi connectivity index (χ2v) is 5.07. The third-order valence-electron chi connectivity index (χ3n) is 3.91. The fourth-order valence-corrected chi connectivity index (χ4v) is 2.88. The maximum atomic E-state index is 12.7. The third kappa shape index (κ3) is 1.51. The number of hydrogen-bond donors (Lipinski definition) is 0. The van der Waals surface area contributed by atoms with E-state index in [4.69, 9.17) is 0 Å². The van der Waals surface area contributed by atoms with Crippen molar-refractivity contribution in [2.75, 3.05) is 0 Å². The molecule has 2 aromatic rings. The van der Waals surface area contributed by atoms with E-state index in [1.165, 1.54) is 0 Å². The number of carbonyl (C=O) groups is 2. The van der Waals surface area contributed by atoms with Crippen molar-refractivity contribution in [3.63, 3.8) is 0 Å². The summed E-state index contributed by atoms with van der Waals surface area (Å²) in [6.07, 6.45) is 1.72. The lowest BCUT2D eigenvalue weighted by molar-refractivity contribution is 0.0978. The lowest BCUT2D eigenvalue weighted by Gasteiger charge is -2.22. The van der Waals surface area contributed by atoms with Gasteiger partial charge in [-0.05, 0) is 30.5 Å². The number of rotatable bonds is 1. The molecule has 0 atom stereocenters. The van der Waals surface area contributed by atoms with Crippen LogP contribution in [0.1, 0.15) is 48.5 Å². The maximum absolute atomic E-state index is 12.7. The highest BCUT2D eigenvalue weighted by Crippen LogP contribution is 2.33. The summed E-state index contributed by atoms with van der Waals surface area (Å²) in [5.41, 5.74) is 4.62. The van der Waals surface area contributed by atoms with Crippen LogP contribution in [0.2, 0.25) is 0 Å². The molecule has 0 spiro atoms. The molecule has 0 saturated carbocycles. The Kier molecular flexibility index (Phi) is 2.68. The average molecular weight is 262 g/mol. The van der Waals surface area contributed by atoms with E-state index in [0.29, 0.717) is 22.3 Å². The molecule has 2 aromatic carbocycles. The Hall–Kier alpha value is -2.48. The van der Waals surface area contributed by atoms with E-state index in [9.17, 15) is 9.59 Å². The molecule has 3 rings (SSSR count). The zero-order chi connectivity index (χ0) is 14.4. The summed E-state index contributed by atoms with van der Waals surface area (Å²) >= 11 is 0. The maximum Gasteiger partial charge on any atom is 0.194 e. The second kappa shape index (κ2) is 4.27. The van der Waals surface area contributed by atoms with Crippen molar-refractivity contribution in [2.24, 2.45) is 0 Å². The molecule has 0 heterocycles. The lowest BCUT2D eigenvalue weighted by Crippen LogP contribution is -2.23. The Morgan fingerprint density at radius 2 is 1.50 bits per heavy atom. The van der Waals surface area contributed by atoms with Gasteiger partial charge in [0.25, 0.3) is 0 Å². The molecule has 20 heavy (non-hydrogen) atoms. The van der Waals surface area contributed by atoms with Crippen LogP contribution in [0.25, 0.3) is 6.08 Å². The van der Waals surface area contributed by atoms with E-state index in [0.717, 1.165) is 16.7 Å². The molecule has 0 radical (unpaired) electrons. The Bertz CT molecular complexity index is 782. The van der Waals surface area contributed by atoms with Gasteiger partial charge in [0.15, 0.2) is 11.6 Å². The molecule has 0 aliphatic heterocycles. The monoisotopic (exact) mass is 262 g/mol. The zero-order valence-electron chi connectivity index (χ0n) is 11.5. The molecule has 0 aromatic heterocycles. The molecule has 1 aliphatic carbocycles. The van der Waals surface area contributed by atoms with Gasteiger partial charge in [-0.2, -0.15) is 0 Å². The predicted octanol–water partition coefficient (Wildman–Crippen LogP) is 3.72. The summed E-state index contributed by atoms with van der Waals surface area (Å²) in [6.45, 7) is 7.51. The minimum absolute atomic E-state index is 0.0635. The topological polar surface area (TPSA) is 34.1 Å². The lowest BCUT2D eigenvalue weighted by atomic mass is 9.79. The molecule has 0 amide bonds. The van der Waals surface area contributed by atoms with E-state index in [-0.39, 0.29) is 11.6 Å². The van der Waals surface area contributed by atoms with Crippen LogP contribution in [0, 0.1) is 13.8 Å². The fraction of sp³-hybridized carbons (Fsp3) is 0.111. The van der Waals surface area contributed by atoms with E-state index < -0.39 is 0 Å². The number of aryl methyl sites for hydroxylation is 1. The van der Waals surface area contributed by atoms with Gasteiger partial charge in [0.1, 0.15) is 0 Å². The van der Waals surface area contributed by atoms with Crippen molar-refractivity contribution in [1.82, 2.24) is 0 Å². The van der Waals surface area contributed by atoms with Gasteiger partial charge in [-0.1, -0.05) is 43.0 Å². The van der Waals surface area contributed by atoms with Crippen LogP contribution in [0.4, 0.5) is 0 Å². The Morgan fingerprint density at radius 1 is 0.950 bits per heavy atom. The summed E-state index contributed by atoms with van der Waals surface area (Å²) in [6, 6.07) is 8.92. The van der Waals surface area contributed by atoms with Crippen LogP contribution in [0.3, 0.4) is 0 Å². The van der Waals surface area contributed by atoms with E-state index in [1.54, 1.807) is 30.3 Å². The molecule has 0 N–H and O–H groups in total. The number of hydrogen-bond acceptors (Lipinski definition) is 2. The molecule has 98 valence electrons.